The largest absolute Gasteiger partial charge is 0.493 e. The molecular weight excluding hydrogens is 368 g/mol. The maximum atomic E-state index is 11.0. The van der Waals surface area contributed by atoms with Crippen LogP contribution in [0.5, 0.6) is 5.75 Å². The molecule has 1 unspecified atom stereocenters. The van der Waals surface area contributed by atoms with Crippen molar-refractivity contribution in [2.75, 3.05) is 37.8 Å². The number of nitrogens with zero attached hydrogens (tertiary/aromatic N) is 1. The number of fused-ring (bicyclic) bond motifs is 1. The van der Waals surface area contributed by atoms with Gasteiger partial charge in [-0.2, -0.15) is 0 Å². The molecule has 1 saturated heterocycles. The number of halogens is 1. The fourth-order valence-electron chi connectivity index (χ4n) is 3.62. The lowest BCUT2D eigenvalue weighted by atomic mass is 9.96. The first-order chi connectivity index (χ1) is 13.1. The Kier molecular flexibility index (Phi) is 5.09. The lowest BCUT2D eigenvalue weighted by molar-refractivity contribution is 0.122. The molecule has 1 atom stereocenters. The topological polar surface area (TPSA) is 71.0 Å². The molecule has 2 aliphatic rings. The average molecular weight is 389 g/mol. The maximum absolute atomic E-state index is 11.0. The van der Waals surface area contributed by atoms with Crippen molar-refractivity contribution in [1.29, 1.82) is 0 Å². The molecule has 2 aromatic rings. The number of carboxylic acid groups (broad SMARTS) is 1. The molecule has 2 aromatic carbocycles. The number of carbonyl (C=O) groups is 1. The first-order valence-electron chi connectivity index (χ1n) is 9.00. The van der Waals surface area contributed by atoms with Crippen LogP contribution in [0, 0.1) is 0 Å². The molecule has 0 bridgehead atoms. The summed E-state index contributed by atoms with van der Waals surface area (Å²) in [6.45, 7) is 3.59. The number of nitrogens with one attached hydrogen (secondary N) is 1. The van der Waals surface area contributed by atoms with Crippen LogP contribution >= 0.6 is 11.6 Å². The summed E-state index contributed by atoms with van der Waals surface area (Å²) < 4.78 is 11.2. The van der Waals surface area contributed by atoms with Crippen molar-refractivity contribution in [2.24, 2.45) is 0 Å². The zero-order valence-electron chi connectivity index (χ0n) is 14.8. The van der Waals surface area contributed by atoms with E-state index in [1.165, 1.54) is 0 Å². The summed E-state index contributed by atoms with van der Waals surface area (Å²) in [6.07, 6.45) is -0.402. The molecule has 142 valence electrons. The van der Waals surface area contributed by atoms with E-state index < -0.39 is 6.09 Å². The van der Waals surface area contributed by atoms with E-state index in [0.29, 0.717) is 37.0 Å². The van der Waals surface area contributed by atoms with Gasteiger partial charge in [0, 0.05) is 25.1 Å². The van der Waals surface area contributed by atoms with Crippen LogP contribution in [0.4, 0.5) is 10.5 Å². The van der Waals surface area contributed by atoms with Gasteiger partial charge >= 0.3 is 6.09 Å². The Morgan fingerprint density at radius 2 is 1.85 bits per heavy atom. The fourth-order valence-corrected chi connectivity index (χ4v) is 3.92. The van der Waals surface area contributed by atoms with Crippen molar-refractivity contribution in [1.82, 2.24) is 5.32 Å². The highest BCUT2D eigenvalue weighted by molar-refractivity contribution is 6.33. The van der Waals surface area contributed by atoms with Gasteiger partial charge in [0.15, 0.2) is 0 Å². The second-order valence-corrected chi connectivity index (χ2v) is 7.06. The molecule has 0 aliphatic carbocycles. The van der Waals surface area contributed by atoms with Gasteiger partial charge in [0.05, 0.1) is 36.6 Å². The summed E-state index contributed by atoms with van der Waals surface area (Å²) in [7, 11) is 0. The molecule has 1 fully saturated rings. The van der Waals surface area contributed by atoms with Crippen LogP contribution < -0.4 is 15.0 Å². The Labute approximate surface area is 162 Å². The Morgan fingerprint density at radius 3 is 2.59 bits per heavy atom. The van der Waals surface area contributed by atoms with E-state index in [2.05, 4.69) is 10.2 Å². The van der Waals surface area contributed by atoms with Gasteiger partial charge in [-0.05, 0) is 29.3 Å². The van der Waals surface area contributed by atoms with Gasteiger partial charge in [0.2, 0.25) is 0 Å². The predicted molar refractivity (Wildman–Crippen MR) is 104 cm³/mol. The second-order valence-electron chi connectivity index (χ2n) is 6.66. The molecule has 4 rings (SSSR count). The minimum absolute atomic E-state index is 0.243. The third-order valence-corrected chi connectivity index (χ3v) is 5.29. The fraction of sp³-hybridized carbons (Fsp3) is 0.350. The maximum Gasteiger partial charge on any atom is 0.405 e. The number of hydrogen-bond acceptors (Lipinski definition) is 4. The lowest BCUT2D eigenvalue weighted by Gasteiger charge is -2.30. The number of rotatable bonds is 3. The van der Waals surface area contributed by atoms with Gasteiger partial charge in [-0.1, -0.05) is 29.8 Å². The summed E-state index contributed by atoms with van der Waals surface area (Å²) in [5.41, 5.74) is 3.86. The number of morpholine rings is 1. The standard InChI is InChI=1S/C20H21ClN2O4/c21-16-11-13(2-4-18(16)23-6-9-26-10-7-23)14-1-3-15-17(22-20(24)25)5-8-27-19(15)12-14/h1-4,11-12,17,22H,5-10H2,(H,24,25). The number of hydrogen-bond donors (Lipinski definition) is 2. The van der Waals surface area contributed by atoms with Crippen molar-refractivity contribution in [3.8, 4) is 16.9 Å². The molecule has 2 N–H and O–H groups in total. The summed E-state index contributed by atoms with van der Waals surface area (Å²) in [4.78, 5) is 13.2. The smallest absolute Gasteiger partial charge is 0.405 e. The molecule has 2 aliphatic heterocycles. The predicted octanol–water partition coefficient (Wildman–Crippen LogP) is 3.93. The molecule has 0 saturated carbocycles. The Hall–Kier alpha value is -2.44. The van der Waals surface area contributed by atoms with E-state index in [4.69, 9.17) is 26.2 Å². The molecule has 7 heteroatoms. The van der Waals surface area contributed by atoms with E-state index in [-0.39, 0.29) is 6.04 Å². The van der Waals surface area contributed by atoms with Crippen LogP contribution in [0.1, 0.15) is 18.0 Å². The summed E-state index contributed by atoms with van der Waals surface area (Å²) in [5, 5.41) is 12.3. The third kappa shape index (κ3) is 3.82. The molecule has 0 radical (unpaired) electrons. The highest BCUT2D eigenvalue weighted by atomic mass is 35.5. The molecular formula is C20H21ClN2O4. The Morgan fingerprint density at radius 1 is 1.11 bits per heavy atom. The first kappa shape index (κ1) is 17.9. The number of benzene rings is 2. The van der Waals surface area contributed by atoms with Gasteiger partial charge in [0.25, 0.3) is 0 Å². The van der Waals surface area contributed by atoms with E-state index >= 15 is 0 Å². The first-order valence-corrected chi connectivity index (χ1v) is 9.38. The van der Waals surface area contributed by atoms with Crippen LogP contribution in [-0.4, -0.2) is 44.1 Å². The van der Waals surface area contributed by atoms with E-state index in [1.54, 1.807) is 0 Å². The van der Waals surface area contributed by atoms with Gasteiger partial charge in [-0.3, -0.25) is 0 Å². The van der Waals surface area contributed by atoms with Crippen molar-refractivity contribution >= 4 is 23.4 Å². The van der Waals surface area contributed by atoms with Gasteiger partial charge < -0.3 is 24.8 Å². The van der Waals surface area contributed by atoms with Crippen LogP contribution in [0.25, 0.3) is 11.1 Å². The molecule has 0 spiro atoms. The third-order valence-electron chi connectivity index (χ3n) is 4.98. The van der Waals surface area contributed by atoms with E-state index in [9.17, 15) is 4.79 Å². The van der Waals surface area contributed by atoms with Gasteiger partial charge in [-0.25, -0.2) is 4.79 Å². The van der Waals surface area contributed by atoms with Crippen molar-refractivity contribution < 1.29 is 19.4 Å². The molecule has 1 amide bonds. The molecule has 0 aromatic heterocycles. The van der Waals surface area contributed by atoms with E-state index in [0.717, 1.165) is 35.5 Å². The van der Waals surface area contributed by atoms with Gasteiger partial charge in [0.1, 0.15) is 5.75 Å². The minimum atomic E-state index is -1.03. The van der Waals surface area contributed by atoms with E-state index in [1.807, 2.05) is 36.4 Å². The highest BCUT2D eigenvalue weighted by Crippen LogP contribution is 2.37. The SMILES string of the molecule is O=C(O)NC1CCOc2cc(-c3ccc(N4CCOCC4)c(Cl)c3)ccc21. The van der Waals surface area contributed by atoms with Crippen LogP contribution in [-0.2, 0) is 4.74 Å². The average Bonchev–Trinajstić information content (AvgIpc) is 2.68. The zero-order valence-corrected chi connectivity index (χ0v) is 15.5. The summed E-state index contributed by atoms with van der Waals surface area (Å²) in [6, 6.07) is 11.7. The normalized spacial score (nSPS) is 19.1. The second kappa shape index (κ2) is 7.66. The molecule has 27 heavy (non-hydrogen) atoms. The molecule has 6 nitrogen and oxygen atoms in total. The van der Waals surface area contributed by atoms with Crippen molar-refractivity contribution in [3.63, 3.8) is 0 Å². The number of ether oxygens (including phenoxy) is 2. The van der Waals surface area contributed by atoms with Gasteiger partial charge in [-0.15, -0.1) is 0 Å². The highest BCUT2D eigenvalue weighted by Gasteiger charge is 2.23. The molecule has 2 heterocycles. The monoisotopic (exact) mass is 388 g/mol. The summed E-state index contributed by atoms with van der Waals surface area (Å²) >= 11 is 6.55. The van der Waals surface area contributed by atoms with Crippen LogP contribution in [0.3, 0.4) is 0 Å². The Bertz CT molecular complexity index is 852. The number of anilines is 1. The summed E-state index contributed by atoms with van der Waals surface area (Å²) in [5.74, 6) is 0.714. The quantitative estimate of drug-likeness (QED) is 0.833. The van der Waals surface area contributed by atoms with Crippen molar-refractivity contribution in [3.05, 3.63) is 47.0 Å². The van der Waals surface area contributed by atoms with Crippen LogP contribution in [0.15, 0.2) is 36.4 Å². The van der Waals surface area contributed by atoms with Crippen molar-refractivity contribution in [2.45, 2.75) is 12.5 Å². The number of amides is 1. The minimum Gasteiger partial charge on any atom is -0.493 e. The zero-order chi connectivity index (χ0) is 18.8. The van der Waals surface area contributed by atoms with Crippen LogP contribution in [0.2, 0.25) is 5.02 Å². The lowest BCUT2D eigenvalue weighted by Crippen LogP contribution is -2.36. The Balaban J connectivity index is 1.60.